The Morgan fingerprint density at radius 1 is 1.06 bits per heavy atom. The molecule has 0 aliphatic carbocycles. The lowest BCUT2D eigenvalue weighted by Gasteiger charge is -2.33. The minimum atomic E-state index is -3.98. The molecule has 0 fully saturated rings. The quantitative estimate of drug-likeness (QED) is 0.433. The second-order valence-electron chi connectivity index (χ2n) is 9.28. The second-order valence-corrected chi connectivity index (χ2v) is 12.4. The second kappa shape index (κ2) is 11.9. The van der Waals surface area contributed by atoms with E-state index in [1.54, 1.807) is 31.2 Å². The van der Waals surface area contributed by atoms with Crippen LogP contribution in [0.4, 0.5) is 5.69 Å². The summed E-state index contributed by atoms with van der Waals surface area (Å²) in [5, 5.41) is 3.07. The van der Waals surface area contributed by atoms with Crippen LogP contribution < -0.4 is 14.4 Å². The van der Waals surface area contributed by atoms with Crippen LogP contribution in [0.3, 0.4) is 0 Å². The fourth-order valence-corrected chi connectivity index (χ4v) is 4.87. The Hall–Kier alpha value is -2.20. The molecule has 1 N–H and O–H groups in total. The Kier molecular flexibility index (Phi) is 9.92. The highest BCUT2D eigenvalue weighted by molar-refractivity contribution is 7.92. The Morgan fingerprint density at radius 2 is 1.67 bits per heavy atom. The molecule has 0 radical (unpaired) electrons. The van der Waals surface area contributed by atoms with E-state index < -0.39 is 40.0 Å². The summed E-state index contributed by atoms with van der Waals surface area (Å²) in [6, 6.07) is 8.69. The number of hydrogen-bond acceptors (Lipinski definition) is 5. The van der Waals surface area contributed by atoms with E-state index in [9.17, 15) is 18.0 Å². The molecule has 8 nitrogen and oxygen atoms in total. The van der Waals surface area contributed by atoms with Crippen LogP contribution >= 0.6 is 34.8 Å². The van der Waals surface area contributed by atoms with Crippen molar-refractivity contribution in [3.63, 3.8) is 0 Å². The largest absolute Gasteiger partial charge is 0.497 e. The van der Waals surface area contributed by atoms with E-state index in [0.717, 1.165) is 10.6 Å². The summed E-state index contributed by atoms with van der Waals surface area (Å²) in [5.74, 6) is -0.439. The zero-order valence-electron chi connectivity index (χ0n) is 20.9. The topological polar surface area (TPSA) is 96.0 Å². The maximum Gasteiger partial charge on any atom is 0.244 e. The molecule has 0 saturated carbocycles. The Bertz CT molecular complexity index is 1230. The Balaban J connectivity index is 2.49. The average Bonchev–Trinajstić information content (AvgIpc) is 2.76. The number of rotatable bonds is 9. The number of hydrogen-bond donors (Lipinski definition) is 1. The summed E-state index contributed by atoms with van der Waals surface area (Å²) in [5.41, 5.74) is 0.147. The van der Waals surface area contributed by atoms with E-state index in [2.05, 4.69) is 5.32 Å². The molecule has 0 aliphatic heterocycles. The Labute approximate surface area is 227 Å². The van der Waals surface area contributed by atoms with Crippen molar-refractivity contribution in [2.75, 3.05) is 24.2 Å². The van der Waals surface area contributed by atoms with E-state index in [0.29, 0.717) is 11.3 Å². The predicted octanol–water partition coefficient (Wildman–Crippen LogP) is 4.75. The molecule has 0 bridgehead atoms. The number of benzene rings is 2. The molecule has 198 valence electrons. The maximum absolute atomic E-state index is 13.6. The summed E-state index contributed by atoms with van der Waals surface area (Å²) in [4.78, 5) is 27.9. The minimum Gasteiger partial charge on any atom is -0.497 e. The molecular weight excluding hydrogens is 549 g/mol. The SMILES string of the molecule is COc1cccc(CN(C(=O)CN(c2cc(Cl)c(Cl)cc2Cl)S(C)(=O)=O)[C@@H](C)C(=O)NC(C)(C)C)c1. The highest BCUT2D eigenvalue weighted by atomic mass is 35.5. The van der Waals surface area contributed by atoms with E-state index in [1.165, 1.54) is 24.1 Å². The summed E-state index contributed by atoms with van der Waals surface area (Å²) >= 11 is 18.3. The third kappa shape index (κ3) is 8.16. The minimum absolute atomic E-state index is 0.000458. The van der Waals surface area contributed by atoms with Gasteiger partial charge in [-0.25, -0.2) is 8.42 Å². The number of anilines is 1. The predicted molar refractivity (Wildman–Crippen MR) is 145 cm³/mol. The summed E-state index contributed by atoms with van der Waals surface area (Å²) < 4.78 is 31.5. The van der Waals surface area contributed by atoms with Crippen molar-refractivity contribution < 1.29 is 22.7 Å². The number of nitrogens with one attached hydrogen (secondary N) is 1. The molecule has 0 saturated heterocycles. The highest BCUT2D eigenvalue weighted by Crippen LogP contribution is 2.35. The number of carbonyl (C=O) groups is 2. The molecule has 0 aliphatic rings. The van der Waals surface area contributed by atoms with Crippen molar-refractivity contribution in [3.05, 3.63) is 57.0 Å². The molecule has 36 heavy (non-hydrogen) atoms. The number of ether oxygens (including phenoxy) is 1. The first-order valence-corrected chi connectivity index (χ1v) is 13.9. The van der Waals surface area contributed by atoms with Gasteiger partial charge in [-0.05, 0) is 57.5 Å². The average molecular weight is 579 g/mol. The van der Waals surface area contributed by atoms with Crippen LogP contribution in [0.15, 0.2) is 36.4 Å². The molecular formula is C24H30Cl3N3O5S. The molecule has 0 spiro atoms. The van der Waals surface area contributed by atoms with Gasteiger partial charge in [0, 0.05) is 12.1 Å². The monoisotopic (exact) mass is 577 g/mol. The van der Waals surface area contributed by atoms with Gasteiger partial charge in [0.15, 0.2) is 0 Å². The van der Waals surface area contributed by atoms with Crippen molar-refractivity contribution in [2.45, 2.75) is 45.8 Å². The molecule has 2 aromatic carbocycles. The lowest BCUT2D eigenvalue weighted by Crippen LogP contribution is -2.54. The zero-order valence-corrected chi connectivity index (χ0v) is 24.0. The van der Waals surface area contributed by atoms with Crippen molar-refractivity contribution in [3.8, 4) is 5.75 Å². The summed E-state index contributed by atoms with van der Waals surface area (Å²) in [6.45, 7) is 6.46. The van der Waals surface area contributed by atoms with Crippen LogP contribution in [0, 0.1) is 0 Å². The zero-order chi connectivity index (χ0) is 27.4. The maximum atomic E-state index is 13.6. The fraction of sp³-hybridized carbons (Fsp3) is 0.417. The molecule has 2 amide bonds. The van der Waals surface area contributed by atoms with Gasteiger partial charge in [0.25, 0.3) is 0 Å². The molecule has 12 heteroatoms. The van der Waals surface area contributed by atoms with Crippen LogP contribution in [0.5, 0.6) is 5.75 Å². The van der Waals surface area contributed by atoms with Gasteiger partial charge in [0.2, 0.25) is 21.8 Å². The standard InChI is InChI=1S/C24H30Cl3N3O5S/c1-15(23(32)28-24(2,3)4)29(13-16-8-7-9-17(10-16)35-5)22(31)14-30(36(6,33)34)21-12-19(26)18(25)11-20(21)27/h7-12,15H,13-14H2,1-6H3,(H,28,32)/t15-/m0/s1. The lowest BCUT2D eigenvalue weighted by atomic mass is 10.1. The lowest BCUT2D eigenvalue weighted by molar-refractivity contribution is -0.140. The van der Waals surface area contributed by atoms with E-state index >= 15 is 0 Å². The molecule has 2 aromatic rings. The third-order valence-corrected chi connectivity index (χ3v) is 7.24. The van der Waals surface area contributed by atoms with Gasteiger partial charge in [-0.1, -0.05) is 46.9 Å². The number of carbonyl (C=O) groups excluding carboxylic acids is 2. The normalized spacial score (nSPS) is 12.6. The van der Waals surface area contributed by atoms with Gasteiger partial charge in [-0.2, -0.15) is 0 Å². The smallest absolute Gasteiger partial charge is 0.244 e. The van der Waals surface area contributed by atoms with Crippen molar-refractivity contribution >= 4 is 62.3 Å². The highest BCUT2D eigenvalue weighted by Gasteiger charge is 2.32. The summed E-state index contributed by atoms with van der Waals surface area (Å²) in [7, 11) is -2.46. The molecule has 0 unspecified atom stereocenters. The van der Waals surface area contributed by atoms with Gasteiger partial charge >= 0.3 is 0 Å². The van der Waals surface area contributed by atoms with E-state index in [-0.39, 0.29) is 27.3 Å². The third-order valence-electron chi connectivity index (χ3n) is 5.09. The van der Waals surface area contributed by atoms with Crippen LogP contribution in [0.2, 0.25) is 15.1 Å². The van der Waals surface area contributed by atoms with Crippen LogP contribution in [0.1, 0.15) is 33.3 Å². The molecule has 0 heterocycles. The van der Waals surface area contributed by atoms with Crippen LogP contribution in [-0.2, 0) is 26.2 Å². The molecule has 0 aromatic heterocycles. The van der Waals surface area contributed by atoms with Gasteiger partial charge in [0.05, 0.1) is 34.1 Å². The first-order chi connectivity index (χ1) is 16.5. The van der Waals surface area contributed by atoms with Gasteiger partial charge < -0.3 is 15.0 Å². The van der Waals surface area contributed by atoms with Gasteiger partial charge in [-0.15, -0.1) is 0 Å². The first kappa shape index (κ1) is 30.0. The van der Waals surface area contributed by atoms with Gasteiger partial charge in [-0.3, -0.25) is 13.9 Å². The van der Waals surface area contributed by atoms with E-state index in [1.807, 2.05) is 20.8 Å². The summed E-state index contributed by atoms with van der Waals surface area (Å²) in [6.07, 6.45) is 0.946. The number of methoxy groups -OCH3 is 1. The number of halogens is 3. The number of sulfonamides is 1. The van der Waals surface area contributed by atoms with Crippen molar-refractivity contribution in [1.82, 2.24) is 10.2 Å². The first-order valence-electron chi connectivity index (χ1n) is 10.9. The van der Waals surface area contributed by atoms with E-state index in [4.69, 9.17) is 39.5 Å². The Morgan fingerprint density at radius 3 is 2.22 bits per heavy atom. The molecule has 2 rings (SSSR count). The fourth-order valence-electron chi connectivity index (χ4n) is 3.32. The van der Waals surface area contributed by atoms with Crippen LogP contribution in [-0.4, -0.2) is 56.6 Å². The van der Waals surface area contributed by atoms with Crippen molar-refractivity contribution in [1.29, 1.82) is 0 Å². The van der Waals surface area contributed by atoms with Gasteiger partial charge in [0.1, 0.15) is 18.3 Å². The van der Waals surface area contributed by atoms with Crippen LogP contribution in [0.25, 0.3) is 0 Å². The number of amides is 2. The molecule has 1 atom stereocenters. The van der Waals surface area contributed by atoms with Crippen molar-refractivity contribution in [2.24, 2.45) is 0 Å². The number of nitrogens with zero attached hydrogens (tertiary/aromatic N) is 2.